The smallest absolute Gasteiger partial charge is 0.331 e. The van der Waals surface area contributed by atoms with E-state index >= 15 is 0 Å². The van der Waals surface area contributed by atoms with E-state index in [0.29, 0.717) is 17.1 Å². The molecule has 1 heterocycles. The molecule has 4 amide bonds. The molecule has 7 heteroatoms. The van der Waals surface area contributed by atoms with Crippen LogP contribution in [0.25, 0.3) is 6.08 Å². The van der Waals surface area contributed by atoms with E-state index < -0.39 is 17.8 Å². The van der Waals surface area contributed by atoms with E-state index in [0.717, 1.165) is 4.90 Å². The first-order chi connectivity index (χ1) is 9.97. The fourth-order valence-electron chi connectivity index (χ4n) is 1.85. The normalized spacial score (nSPS) is 17.0. The number of carbonyl (C=O) groups is 3. The predicted molar refractivity (Wildman–Crippen MR) is 73.8 cm³/mol. The highest BCUT2D eigenvalue weighted by Gasteiger charge is 2.32. The first-order valence-corrected chi connectivity index (χ1v) is 6.05. The lowest BCUT2D eigenvalue weighted by Gasteiger charge is -2.22. The van der Waals surface area contributed by atoms with Crippen molar-refractivity contribution >= 4 is 23.9 Å². The average molecular weight is 290 g/mol. The fourth-order valence-corrected chi connectivity index (χ4v) is 1.85. The standard InChI is InChI=1S/C14H14N2O5/c1-16-13(18)9(12(17)15-14(16)19)6-8-4-5-10(20-2)11(7-8)21-3/h4-7H,1-3H3,(H,15,17,19). The number of carbonyl (C=O) groups excluding carboxylic acids is 3. The van der Waals surface area contributed by atoms with Gasteiger partial charge < -0.3 is 9.47 Å². The highest BCUT2D eigenvalue weighted by atomic mass is 16.5. The first kappa shape index (κ1) is 14.6. The predicted octanol–water partition coefficient (Wildman–Crippen LogP) is 0.795. The molecule has 0 unspecified atom stereocenters. The highest BCUT2D eigenvalue weighted by molar-refractivity contribution is 6.30. The van der Waals surface area contributed by atoms with Crippen molar-refractivity contribution < 1.29 is 23.9 Å². The number of nitrogens with one attached hydrogen (secondary N) is 1. The molecule has 0 radical (unpaired) electrons. The van der Waals surface area contributed by atoms with Crippen LogP contribution in [0.5, 0.6) is 11.5 Å². The van der Waals surface area contributed by atoms with Gasteiger partial charge >= 0.3 is 6.03 Å². The maximum absolute atomic E-state index is 11.9. The topological polar surface area (TPSA) is 84.9 Å². The summed E-state index contributed by atoms with van der Waals surface area (Å²) in [6.07, 6.45) is 1.39. The van der Waals surface area contributed by atoms with Gasteiger partial charge in [-0.2, -0.15) is 0 Å². The lowest BCUT2D eigenvalue weighted by Crippen LogP contribution is -2.52. The van der Waals surface area contributed by atoms with Gasteiger partial charge in [-0.15, -0.1) is 0 Å². The quantitative estimate of drug-likeness (QED) is 0.657. The van der Waals surface area contributed by atoms with Crippen molar-refractivity contribution in [3.8, 4) is 11.5 Å². The molecule has 1 fully saturated rings. The van der Waals surface area contributed by atoms with Gasteiger partial charge in [-0.1, -0.05) is 6.07 Å². The van der Waals surface area contributed by atoms with Gasteiger partial charge in [-0.3, -0.25) is 19.8 Å². The van der Waals surface area contributed by atoms with Crippen molar-refractivity contribution in [2.75, 3.05) is 21.3 Å². The summed E-state index contributed by atoms with van der Waals surface area (Å²) in [4.78, 5) is 35.8. The molecular formula is C14H14N2O5. The Balaban J connectivity index is 2.41. The summed E-state index contributed by atoms with van der Waals surface area (Å²) < 4.78 is 10.3. The maximum Gasteiger partial charge on any atom is 0.331 e. The molecule has 1 aromatic rings. The number of methoxy groups -OCH3 is 2. The largest absolute Gasteiger partial charge is 0.493 e. The minimum atomic E-state index is -0.741. The summed E-state index contributed by atoms with van der Waals surface area (Å²) in [7, 11) is 4.29. The Labute approximate surface area is 121 Å². The number of likely N-dealkylation sites (N-methyl/N-ethyl adjacent to an activating group) is 1. The van der Waals surface area contributed by atoms with E-state index in [9.17, 15) is 14.4 Å². The number of amides is 4. The molecule has 0 spiro atoms. The molecule has 7 nitrogen and oxygen atoms in total. The van der Waals surface area contributed by atoms with Crippen LogP contribution >= 0.6 is 0 Å². The Morgan fingerprint density at radius 3 is 2.38 bits per heavy atom. The molecule has 1 aliphatic heterocycles. The molecule has 21 heavy (non-hydrogen) atoms. The van der Waals surface area contributed by atoms with Gasteiger partial charge in [0.15, 0.2) is 11.5 Å². The zero-order valence-electron chi connectivity index (χ0n) is 11.8. The van der Waals surface area contributed by atoms with Crippen molar-refractivity contribution in [1.82, 2.24) is 10.2 Å². The third-order valence-corrected chi connectivity index (χ3v) is 3.02. The minimum absolute atomic E-state index is 0.121. The summed E-state index contributed by atoms with van der Waals surface area (Å²) in [6, 6.07) is 4.22. The van der Waals surface area contributed by atoms with Crippen LogP contribution in [0.3, 0.4) is 0 Å². The molecule has 0 saturated carbocycles. The highest BCUT2D eigenvalue weighted by Crippen LogP contribution is 2.28. The summed E-state index contributed by atoms with van der Waals surface area (Å²) in [5.41, 5.74) is 0.457. The molecule has 1 aliphatic rings. The first-order valence-electron chi connectivity index (χ1n) is 6.05. The Morgan fingerprint density at radius 2 is 1.76 bits per heavy atom. The lowest BCUT2D eigenvalue weighted by molar-refractivity contribution is -0.129. The second-order valence-corrected chi connectivity index (χ2v) is 4.30. The van der Waals surface area contributed by atoms with Crippen LogP contribution < -0.4 is 14.8 Å². The van der Waals surface area contributed by atoms with E-state index in [1.807, 2.05) is 0 Å². The van der Waals surface area contributed by atoms with Gasteiger partial charge in [0.25, 0.3) is 11.8 Å². The van der Waals surface area contributed by atoms with E-state index in [-0.39, 0.29) is 5.57 Å². The number of urea groups is 1. The van der Waals surface area contributed by atoms with Crippen LogP contribution in [0.1, 0.15) is 5.56 Å². The van der Waals surface area contributed by atoms with Crippen molar-refractivity contribution in [3.05, 3.63) is 29.3 Å². The summed E-state index contributed by atoms with van der Waals surface area (Å²) in [5, 5.41) is 2.08. The number of imide groups is 2. The van der Waals surface area contributed by atoms with Crippen molar-refractivity contribution in [3.63, 3.8) is 0 Å². The van der Waals surface area contributed by atoms with Crippen molar-refractivity contribution in [1.29, 1.82) is 0 Å². The second kappa shape index (κ2) is 5.66. The van der Waals surface area contributed by atoms with Gasteiger partial charge in [0.1, 0.15) is 5.57 Å². The Kier molecular flexibility index (Phi) is 3.93. The van der Waals surface area contributed by atoms with E-state index in [1.165, 1.54) is 27.3 Å². The Morgan fingerprint density at radius 1 is 1.10 bits per heavy atom. The number of benzene rings is 1. The van der Waals surface area contributed by atoms with E-state index in [1.54, 1.807) is 18.2 Å². The molecule has 110 valence electrons. The lowest BCUT2D eigenvalue weighted by atomic mass is 10.1. The number of nitrogens with zero attached hydrogens (tertiary/aromatic N) is 1. The second-order valence-electron chi connectivity index (χ2n) is 4.30. The van der Waals surface area contributed by atoms with Crippen molar-refractivity contribution in [2.45, 2.75) is 0 Å². The number of hydrogen-bond donors (Lipinski definition) is 1. The fraction of sp³-hybridized carbons (Fsp3) is 0.214. The monoisotopic (exact) mass is 290 g/mol. The zero-order valence-corrected chi connectivity index (χ0v) is 11.8. The molecule has 0 bridgehead atoms. The zero-order chi connectivity index (χ0) is 15.6. The number of barbiturate groups is 1. The maximum atomic E-state index is 11.9. The molecule has 1 saturated heterocycles. The van der Waals surface area contributed by atoms with Gasteiger partial charge in [0.2, 0.25) is 0 Å². The van der Waals surface area contributed by atoms with Crippen LogP contribution in [0.2, 0.25) is 0 Å². The van der Waals surface area contributed by atoms with Gasteiger partial charge in [0, 0.05) is 7.05 Å². The summed E-state index contributed by atoms with van der Waals surface area (Å²) in [5.74, 6) is -0.372. The third kappa shape index (κ3) is 2.71. The Bertz CT molecular complexity index is 651. The molecule has 1 aromatic carbocycles. The van der Waals surface area contributed by atoms with E-state index in [2.05, 4.69) is 5.32 Å². The molecule has 0 aliphatic carbocycles. The van der Waals surface area contributed by atoms with Crippen LogP contribution in [0, 0.1) is 0 Å². The van der Waals surface area contributed by atoms with Gasteiger partial charge in [-0.25, -0.2) is 4.79 Å². The third-order valence-electron chi connectivity index (χ3n) is 3.02. The molecule has 0 aromatic heterocycles. The van der Waals surface area contributed by atoms with Gasteiger partial charge in [0.05, 0.1) is 14.2 Å². The van der Waals surface area contributed by atoms with Crippen LogP contribution in [0.15, 0.2) is 23.8 Å². The SMILES string of the molecule is COc1ccc(C=C2C(=O)NC(=O)N(C)C2=O)cc1OC. The Hall–Kier alpha value is -2.83. The van der Waals surface area contributed by atoms with Gasteiger partial charge in [-0.05, 0) is 23.8 Å². The molecule has 2 rings (SSSR count). The van der Waals surface area contributed by atoms with E-state index in [4.69, 9.17) is 9.47 Å². The minimum Gasteiger partial charge on any atom is -0.493 e. The number of hydrogen-bond acceptors (Lipinski definition) is 5. The number of rotatable bonds is 3. The molecular weight excluding hydrogens is 276 g/mol. The van der Waals surface area contributed by atoms with Crippen LogP contribution in [0.4, 0.5) is 4.79 Å². The molecule has 1 N–H and O–H groups in total. The summed E-state index contributed by atoms with van der Waals surface area (Å²) in [6.45, 7) is 0. The van der Waals surface area contributed by atoms with Crippen molar-refractivity contribution in [2.24, 2.45) is 0 Å². The number of ether oxygens (including phenoxy) is 2. The molecule has 0 atom stereocenters. The van der Waals surface area contributed by atoms with Crippen LogP contribution in [-0.4, -0.2) is 44.0 Å². The summed E-state index contributed by atoms with van der Waals surface area (Å²) >= 11 is 0. The average Bonchev–Trinajstić information content (AvgIpc) is 2.49. The van der Waals surface area contributed by atoms with Crippen LogP contribution in [-0.2, 0) is 9.59 Å².